The number of hydrogen-bond acceptors (Lipinski definition) is 5. The van der Waals surface area contributed by atoms with Crippen LogP contribution < -0.4 is 15.2 Å². The van der Waals surface area contributed by atoms with Crippen LogP contribution in [-0.2, 0) is 4.79 Å². The number of benzene rings is 1. The van der Waals surface area contributed by atoms with Gasteiger partial charge in [-0.25, -0.2) is 0 Å². The van der Waals surface area contributed by atoms with Crippen LogP contribution in [0.4, 0.5) is 0 Å². The fourth-order valence-electron chi connectivity index (χ4n) is 4.12. The number of aliphatic imine (C=N–C) groups is 1. The summed E-state index contributed by atoms with van der Waals surface area (Å²) in [4.78, 5) is 17.6. The zero-order chi connectivity index (χ0) is 18.6. The van der Waals surface area contributed by atoms with E-state index in [4.69, 9.17) is 15.2 Å². The molecular weight excluding hydrogens is 328 g/mol. The molecule has 2 aliphatic rings. The quantitative estimate of drug-likeness (QED) is 0.805. The summed E-state index contributed by atoms with van der Waals surface area (Å²) in [5.74, 6) is 2.29. The van der Waals surface area contributed by atoms with Crippen molar-refractivity contribution in [2.45, 2.75) is 57.9 Å². The minimum absolute atomic E-state index is 0.103. The molecule has 26 heavy (non-hydrogen) atoms. The maximum Gasteiger partial charge on any atom is 0.174 e. The Morgan fingerprint density at radius 2 is 1.73 bits per heavy atom. The molecule has 2 atom stereocenters. The number of carbonyl (C=O) groups is 1. The second-order valence-corrected chi connectivity index (χ2v) is 7.56. The number of nitrogens with two attached hydrogens (primary N) is 1. The minimum atomic E-state index is -0.829. The van der Waals surface area contributed by atoms with Gasteiger partial charge in [-0.1, -0.05) is 32.1 Å². The van der Waals surface area contributed by atoms with Gasteiger partial charge in [0.05, 0.1) is 12.5 Å². The highest BCUT2D eigenvalue weighted by atomic mass is 16.5. The summed E-state index contributed by atoms with van der Waals surface area (Å²) in [7, 11) is 0. The molecule has 1 heterocycles. The zero-order valence-electron chi connectivity index (χ0n) is 15.9. The molecule has 5 nitrogen and oxygen atoms in total. The van der Waals surface area contributed by atoms with E-state index in [0.29, 0.717) is 18.4 Å². The number of nitrogens with zero attached hydrogens (tertiary/aromatic N) is 1. The van der Waals surface area contributed by atoms with E-state index < -0.39 is 5.54 Å². The van der Waals surface area contributed by atoms with Crippen LogP contribution in [0.15, 0.2) is 29.3 Å². The molecule has 1 fully saturated rings. The van der Waals surface area contributed by atoms with Crippen LogP contribution >= 0.6 is 0 Å². The Bertz CT molecular complexity index is 650. The number of ketones is 1. The van der Waals surface area contributed by atoms with E-state index in [1.165, 1.54) is 32.1 Å². The van der Waals surface area contributed by atoms with Crippen LogP contribution in [0.5, 0.6) is 11.5 Å². The molecule has 142 valence electrons. The first-order valence-corrected chi connectivity index (χ1v) is 9.79. The molecule has 1 aliphatic heterocycles. The van der Waals surface area contributed by atoms with Crippen molar-refractivity contribution in [3.8, 4) is 11.5 Å². The lowest BCUT2D eigenvalue weighted by molar-refractivity contribution is -0.126. The van der Waals surface area contributed by atoms with Gasteiger partial charge in [0, 0.05) is 0 Å². The zero-order valence-corrected chi connectivity index (χ0v) is 15.9. The molecule has 0 amide bonds. The highest BCUT2D eigenvalue weighted by Gasteiger charge is 2.48. The van der Waals surface area contributed by atoms with E-state index in [-0.39, 0.29) is 18.3 Å². The molecule has 1 aromatic carbocycles. The van der Waals surface area contributed by atoms with Crippen LogP contribution in [0.3, 0.4) is 0 Å². The van der Waals surface area contributed by atoms with Gasteiger partial charge in [-0.05, 0) is 50.5 Å². The van der Waals surface area contributed by atoms with E-state index in [9.17, 15) is 4.79 Å². The molecule has 1 saturated carbocycles. The van der Waals surface area contributed by atoms with Crippen molar-refractivity contribution < 1.29 is 14.3 Å². The first-order chi connectivity index (χ1) is 12.5. The highest BCUT2D eigenvalue weighted by molar-refractivity contribution is 6.12. The Hall–Kier alpha value is -2.04. The molecule has 0 saturated heterocycles. The highest BCUT2D eigenvalue weighted by Crippen LogP contribution is 2.37. The molecular formula is C21H30N2O3. The predicted molar refractivity (Wildman–Crippen MR) is 103 cm³/mol. The van der Waals surface area contributed by atoms with E-state index >= 15 is 0 Å². The van der Waals surface area contributed by atoms with Crippen molar-refractivity contribution in [1.29, 1.82) is 0 Å². The average Bonchev–Trinajstić information content (AvgIpc) is 2.86. The SMILES string of the molecule is CCOc1ccc(OCC2(CC3CCCCC3)N=C(N)C(C)C2=O)cc1. The Balaban J connectivity index is 1.72. The number of ether oxygens (including phenoxy) is 2. The Morgan fingerprint density at radius 1 is 1.12 bits per heavy atom. The van der Waals surface area contributed by atoms with Gasteiger partial charge in [-0.2, -0.15) is 0 Å². The molecule has 0 radical (unpaired) electrons. The van der Waals surface area contributed by atoms with Crippen molar-refractivity contribution in [3.63, 3.8) is 0 Å². The van der Waals surface area contributed by atoms with Gasteiger partial charge in [0.15, 0.2) is 11.3 Å². The standard InChI is InChI=1S/C21H30N2O3/c1-3-25-17-9-11-18(12-10-17)26-14-21(13-16-7-5-4-6-8-16)19(24)15(2)20(22)23-21/h9-12,15-16H,3-8,13-14H2,1-2H3,(H2,22,23). The fourth-order valence-corrected chi connectivity index (χ4v) is 4.12. The minimum Gasteiger partial charge on any atom is -0.494 e. The summed E-state index contributed by atoms with van der Waals surface area (Å²) < 4.78 is 11.5. The summed E-state index contributed by atoms with van der Waals surface area (Å²) in [5, 5.41) is 0. The largest absolute Gasteiger partial charge is 0.494 e. The summed E-state index contributed by atoms with van der Waals surface area (Å²) in [5.41, 5.74) is 5.20. The van der Waals surface area contributed by atoms with Crippen LogP contribution in [-0.4, -0.2) is 30.4 Å². The summed E-state index contributed by atoms with van der Waals surface area (Å²) in [6.07, 6.45) is 6.85. The van der Waals surface area contributed by atoms with E-state index in [2.05, 4.69) is 4.99 Å². The number of amidine groups is 1. The van der Waals surface area contributed by atoms with Gasteiger partial charge in [0.25, 0.3) is 0 Å². The van der Waals surface area contributed by atoms with Crippen molar-refractivity contribution in [1.82, 2.24) is 0 Å². The number of Topliss-reactive ketones (excluding diaryl/α,β-unsaturated/α-hetero) is 1. The number of hydrogen-bond donors (Lipinski definition) is 1. The average molecular weight is 358 g/mol. The van der Waals surface area contributed by atoms with Crippen molar-refractivity contribution in [2.75, 3.05) is 13.2 Å². The van der Waals surface area contributed by atoms with E-state index in [1.807, 2.05) is 38.1 Å². The lowest BCUT2D eigenvalue weighted by Crippen LogP contribution is -2.43. The second kappa shape index (κ2) is 8.11. The van der Waals surface area contributed by atoms with Crippen LogP contribution in [0.1, 0.15) is 52.4 Å². The van der Waals surface area contributed by atoms with Gasteiger partial charge in [-0.15, -0.1) is 0 Å². The van der Waals surface area contributed by atoms with Gasteiger partial charge < -0.3 is 15.2 Å². The summed E-state index contributed by atoms with van der Waals surface area (Å²) in [6, 6.07) is 7.50. The topological polar surface area (TPSA) is 73.9 Å². The molecule has 2 N–H and O–H groups in total. The van der Waals surface area contributed by atoms with Crippen molar-refractivity contribution >= 4 is 11.6 Å². The summed E-state index contributed by atoms with van der Waals surface area (Å²) >= 11 is 0. The Kier molecular flexibility index (Phi) is 5.84. The normalized spacial score (nSPS) is 26.6. The molecule has 0 bridgehead atoms. The van der Waals surface area contributed by atoms with Crippen LogP contribution in [0, 0.1) is 11.8 Å². The number of carbonyl (C=O) groups excluding carboxylic acids is 1. The smallest absolute Gasteiger partial charge is 0.174 e. The van der Waals surface area contributed by atoms with Gasteiger partial charge in [0.2, 0.25) is 0 Å². The van der Waals surface area contributed by atoms with Crippen LogP contribution in [0.25, 0.3) is 0 Å². The van der Waals surface area contributed by atoms with Gasteiger partial charge >= 0.3 is 0 Å². The first kappa shape index (κ1) is 18.7. The first-order valence-electron chi connectivity index (χ1n) is 9.79. The predicted octanol–water partition coefficient (Wildman–Crippen LogP) is 3.75. The molecule has 2 unspecified atom stereocenters. The Morgan fingerprint density at radius 3 is 2.27 bits per heavy atom. The van der Waals surface area contributed by atoms with Crippen molar-refractivity contribution in [3.05, 3.63) is 24.3 Å². The van der Waals surface area contributed by atoms with E-state index in [0.717, 1.165) is 17.9 Å². The Labute approximate surface area is 156 Å². The molecule has 0 spiro atoms. The third kappa shape index (κ3) is 4.02. The fraction of sp³-hybridized carbons (Fsp3) is 0.619. The van der Waals surface area contributed by atoms with Gasteiger partial charge in [-0.3, -0.25) is 9.79 Å². The van der Waals surface area contributed by atoms with Crippen LogP contribution in [0.2, 0.25) is 0 Å². The molecule has 3 rings (SSSR count). The second-order valence-electron chi connectivity index (χ2n) is 7.56. The molecule has 0 aromatic heterocycles. The third-order valence-corrected chi connectivity index (χ3v) is 5.60. The molecule has 5 heteroatoms. The maximum absolute atomic E-state index is 13.0. The monoisotopic (exact) mass is 358 g/mol. The lowest BCUT2D eigenvalue weighted by atomic mass is 9.77. The molecule has 1 aliphatic carbocycles. The van der Waals surface area contributed by atoms with Crippen molar-refractivity contribution in [2.24, 2.45) is 22.6 Å². The van der Waals surface area contributed by atoms with E-state index in [1.54, 1.807) is 0 Å². The van der Waals surface area contributed by atoms with Gasteiger partial charge in [0.1, 0.15) is 23.9 Å². The maximum atomic E-state index is 13.0. The molecule has 1 aromatic rings. The third-order valence-electron chi connectivity index (χ3n) is 5.60. The summed E-state index contributed by atoms with van der Waals surface area (Å²) in [6.45, 7) is 4.68. The lowest BCUT2D eigenvalue weighted by Gasteiger charge is -2.31. The number of rotatable bonds is 7.